The number of hydrogen-bond acceptors (Lipinski definition) is 4. The average molecular weight is 368 g/mol. The van der Waals surface area contributed by atoms with Crippen LogP contribution in [0.15, 0.2) is 48.5 Å². The van der Waals surface area contributed by atoms with Gasteiger partial charge in [0.25, 0.3) is 5.91 Å². The Hall–Kier alpha value is -2.37. The number of β-amino-alcohol motifs (C(OH)–C–C–N with tert-alkyl or cyclic N) is 1. The van der Waals surface area contributed by atoms with Gasteiger partial charge in [-0.05, 0) is 49.7 Å². The Bertz CT molecular complexity index is 757. The van der Waals surface area contributed by atoms with Gasteiger partial charge >= 0.3 is 0 Å². The fourth-order valence-electron chi connectivity index (χ4n) is 3.48. The molecule has 1 saturated heterocycles. The van der Waals surface area contributed by atoms with Crippen molar-refractivity contribution in [2.45, 2.75) is 25.4 Å². The molecule has 1 aliphatic heterocycles. The summed E-state index contributed by atoms with van der Waals surface area (Å²) in [5, 5.41) is 13.0. The summed E-state index contributed by atoms with van der Waals surface area (Å²) in [7, 11) is 1.62. The topological polar surface area (TPSA) is 61.8 Å². The Balaban J connectivity index is 1.68. The van der Waals surface area contributed by atoms with E-state index >= 15 is 0 Å². The number of carbonyl (C=O) groups is 1. The van der Waals surface area contributed by atoms with Gasteiger partial charge in [0, 0.05) is 24.7 Å². The lowest BCUT2D eigenvalue weighted by atomic mass is 10.0. The smallest absolute Gasteiger partial charge is 0.251 e. The van der Waals surface area contributed by atoms with E-state index in [1.54, 1.807) is 13.1 Å². The molecule has 5 nitrogen and oxygen atoms in total. The number of nitrogens with one attached hydrogen (secondary N) is 1. The molecule has 0 radical (unpaired) electrons. The van der Waals surface area contributed by atoms with Crippen molar-refractivity contribution in [2.75, 3.05) is 33.3 Å². The first-order valence-electron chi connectivity index (χ1n) is 9.62. The van der Waals surface area contributed by atoms with Gasteiger partial charge in [0.05, 0.1) is 0 Å². The number of aliphatic hydroxyl groups is 1. The Morgan fingerprint density at radius 1 is 1.15 bits per heavy atom. The van der Waals surface area contributed by atoms with Crippen LogP contribution in [0.25, 0.3) is 11.1 Å². The first-order chi connectivity index (χ1) is 13.2. The van der Waals surface area contributed by atoms with Crippen molar-refractivity contribution < 1.29 is 14.6 Å². The van der Waals surface area contributed by atoms with Crippen LogP contribution in [0.2, 0.25) is 0 Å². The van der Waals surface area contributed by atoms with E-state index in [0.717, 1.165) is 24.2 Å². The second kappa shape index (κ2) is 9.53. The minimum atomic E-state index is -0.520. The van der Waals surface area contributed by atoms with E-state index in [9.17, 15) is 9.90 Å². The summed E-state index contributed by atoms with van der Waals surface area (Å²) in [6.07, 6.45) is 3.18. The molecular weight excluding hydrogens is 340 g/mol. The number of carbonyl (C=O) groups excluding carboxylic acids is 1. The highest BCUT2D eigenvalue weighted by atomic mass is 16.5. The number of nitrogens with zero attached hydrogens (tertiary/aromatic N) is 1. The number of likely N-dealkylation sites (tertiary alicyclic amines) is 1. The van der Waals surface area contributed by atoms with Gasteiger partial charge in [0.15, 0.2) is 0 Å². The molecule has 0 aliphatic carbocycles. The lowest BCUT2D eigenvalue weighted by molar-refractivity contribution is 0.0619. The van der Waals surface area contributed by atoms with Gasteiger partial charge in [-0.3, -0.25) is 4.79 Å². The van der Waals surface area contributed by atoms with Crippen molar-refractivity contribution in [3.8, 4) is 16.9 Å². The van der Waals surface area contributed by atoms with Gasteiger partial charge in [0.2, 0.25) is 0 Å². The Morgan fingerprint density at radius 3 is 2.70 bits per heavy atom. The highest BCUT2D eigenvalue weighted by molar-refractivity contribution is 5.95. The third kappa shape index (κ3) is 5.31. The maximum atomic E-state index is 11.9. The van der Waals surface area contributed by atoms with Crippen LogP contribution < -0.4 is 10.1 Å². The van der Waals surface area contributed by atoms with Gasteiger partial charge in [-0.25, -0.2) is 0 Å². The van der Waals surface area contributed by atoms with Crippen LogP contribution in [0.4, 0.5) is 0 Å². The molecule has 5 heteroatoms. The zero-order valence-electron chi connectivity index (χ0n) is 15.9. The average Bonchev–Trinajstić information content (AvgIpc) is 2.72. The number of benzene rings is 2. The second-order valence-electron chi connectivity index (χ2n) is 6.98. The molecular formula is C22H28N2O3. The molecule has 27 heavy (non-hydrogen) atoms. The van der Waals surface area contributed by atoms with E-state index < -0.39 is 6.10 Å². The summed E-state index contributed by atoms with van der Waals surface area (Å²) in [5.41, 5.74) is 2.43. The SMILES string of the molecule is CNC(=O)c1cccc(-c2ccccc2OC[C@@H](O)CN2CCCCC2)c1. The van der Waals surface area contributed by atoms with Crippen molar-refractivity contribution in [3.05, 3.63) is 54.1 Å². The van der Waals surface area contributed by atoms with E-state index in [-0.39, 0.29) is 12.5 Å². The van der Waals surface area contributed by atoms with Gasteiger partial charge in [-0.15, -0.1) is 0 Å². The zero-order valence-corrected chi connectivity index (χ0v) is 15.9. The van der Waals surface area contributed by atoms with Crippen LogP contribution in [0.1, 0.15) is 29.6 Å². The molecule has 1 atom stereocenters. The Morgan fingerprint density at radius 2 is 1.93 bits per heavy atom. The number of aliphatic hydroxyl groups excluding tert-OH is 1. The van der Waals surface area contributed by atoms with E-state index in [0.29, 0.717) is 17.9 Å². The van der Waals surface area contributed by atoms with Crippen molar-refractivity contribution in [1.82, 2.24) is 10.2 Å². The van der Waals surface area contributed by atoms with Gasteiger partial charge in [-0.1, -0.05) is 36.8 Å². The predicted octanol–water partition coefficient (Wildman–Crippen LogP) is 2.94. The van der Waals surface area contributed by atoms with Gasteiger partial charge in [-0.2, -0.15) is 0 Å². The summed E-state index contributed by atoms with van der Waals surface area (Å²) in [6.45, 7) is 3.01. The molecule has 3 rings (SSSR count). The normalized spacial score (nSPS) is 15.9. The van der Waals surface area contributed by atoms with Crippen LogP contribution >= 0.6 is 0 Å². The van der Waals surface area contributed by atoms with Crippen molar-refractivity contribution >= 4 is 5.91 Å². The zero-order chi connectivity index (χ0) is 19.1. The maximum Gasteiger partial charge on any atom is 0.251 e. The van der Waals surface area contributed by atoms with E-state index in [1.165, 1.54) is 19.3 Å². The number of amides is 1. The van der Waals surface area contributed by atoms with Crippen LogP contribution in [0.5, 0.6) is 5.75 Å². The number of para-hydroxylation sites is 1. The van der Waals surface area contributed by atoms with E-state index in [4.69, 9.17) is 4.74 Å². The highest BCUT2D eigenvalue weighted by Crippen LogP contribution is 2.30. The summed E-state index contributed by atoms with van der Waals surface area (Å²) < 4.78 is 5.94. The van der Waals surface area contributed by atoms with E-state index in [1.807, 2.05) is 42.5 Å². The summed E-state index contributed by atoms with van der Waals surface area (Å²) in [4.78, 5) is 14.2. The largest absolute Gasteiger partial charge is 0.490 e. The lowest BCUT2D eigenvalue weighted by Gasteiger charge is -2.28. The summed E-state index contributed by atoms with van der Waals surface area (Å²) in [5.74, 6) is 0.594. The third-order valence-electron chi connectivity index (χ3n) is 4.90. The van der Waals surface area contributed by atoms with Gasteiger partial charge < -0.3 is 20.1 Å². The number of hydrogen-bond donors (Lipinski definition) is 2. The standard InChI is InChI=1S/C22H28N2O3/c1-23-22(26)18-9-7-8-17(14-18)20-10-3-4-11-21(20)27-16-19(25)15-24-12-5-2-6-13-24/h3-4,7-11,14,19,25H,2,5-6,12-13,15-16H2,1H3,(H,23,26)/t19-/m0/s1. The Labute approximate surface area is 161 Å². The van der Waals surface area contributed by atoms with Gasteiger partial charge in [0.1, 0.15) is 18.5 Å². The lowest BCUT2D eigenvalue weighted by Crippen LogP contribution is -2.38. The summed E-state index contributed by atoms with van der Waals surface area (Å²) in [6, 6.07) is 15.2. The van der Waals surface area contributed by atoms with Crippen LogP contribution in [0, 0.1) is 0 Å². The molecule has 1 heterocycles. The predicted molar refractivity (Wildman–Crippen MR) is 107 cm³/mol. The number of ether oxygens (including phenoxy) is 1. The quantitative estimate of drug-likeness (QED) is 0.789. The molecule has 0 unspecified atom stereocenters. The molecule has 2 N–H and O–H groups in total. The second-order valence-corrected chi connectivity index (χ2v) is 6.98. The highest BCUT2D eigenvalue weighted by Gasteiger charge is 2.16. The molecule has 144 valence electrons. The number of piperidine rings is 1. The first kappa shape index (κ1) is 19.4. The minimum absolute atomic E-state index is 0.118. The first-order valence-corrected chi connectivity index (χ1v) is 9.62. The van der Waals surface area contributed by atoms with E-state index in [2.05, 4.69) is 10.2 Å². The molecule has 2 aromatic carbocycles. The molecule has 0 saturated carbocycles. The fraction of sp³-hybridized carbons (Fsp3) is 0.409. The maximum absolute atomic E-state index is 11.9. The molecule has 1 fully saturated rings. The molecule has 1 amide bonds. The molecule has 2 aromatic rings. The summed E-state index contributed by atoms with van der Waals surface area (Å²) >= 11 is 0. The van der Waals surface area contributed by atoms with Crippen molar-refractivity contribution in [1.29, 1.82) is 0 Å². The van der Waals surface area contributed by atoms with Crippen molar-refractivity contribution in [3.63, 3.8) is 0 Å². The third-order valence-corrected chi connectivity index (χ3v) is 4.90. The van der Waals surface area contributed by atoms with Crippen LogP contribution in [0.3, 0.4) is 0 Å². The molecule has 0 bridgehead atoms. The van der Waals surface area contributed by atoms with Crippen molar-refractivity contribution in [2.24, 2.45) is 0 Å². The Kier molecular flexibility index (Phi) is 6.85. The van der Waals surface area contributed by atoms with Crippen LogP contribution in [-0.2, 0) is 0 Å². The number of rotatable bonds is 7. The monoisotopic (exact) mass is 368 g/mol. The molecule has 0 aromatic heterocycles. The van der Waals surface area contributed by atoms with Crippen LogP contribution in [-0.4, -0.2) is 55.3 Å². The minimum Gasteiger partial charge on any atom is -0.490 e. The fourth-order valence-corrected chi connectivity index (χ4v) is 3.48. The molecule has 0 spiro atoms. The molecule has 1 aliphatic rings.